The molecule has 2 aromatic heterocycles. The maximum atomic E-state index is 12.8. The van der Waals surface area contributed by atoms with Gasteiger partial charge in [-0.05, 0) is 50.5 Å². The van der Waals surface area contributed by atoms with E-state index in [0.717, 1.165) is 16.8 Å². The minimum absolute atomic E-state index is 0.0815. The van der Waals surface area contributed by atoms with Gasteiger partial charge in [0.25, 0.3) is 5.56 Å². The van der Waals surface area contributed by atoms with Crippen molar-refractivity contribution in [1.29, 1.82) is 0 Å². The Balaban J connectivity index is 1.50. The van der Waals surface area contributed by atoms with Gasteiger partial charge in [-0.3, -0.25) is 4.79 Å². The molecule has 0 bridgehead atoms. The Morgan fingerprint density at radius 1 is 1.24 bits per heavy atom. The summed E-state index contributed by atoms with van der Waals surface area (Å²) in [5.74, 6) is 7.62. The van der Waals surface area contributed by atoms with Gasteiger partial charge >= 0.3 is 0 Å². The van der Waals surface area contributed by atoms with Crippen molar-refractivity contribution in [2.75, 3.05) is 0 Å². The predicted molar refractivity (Wildman–Crippen MR) is 111 cm³/mol. The van der Waals surface area contributed by atoms with Crippen molar-refractivity contribution in [3.8, 4) is 17.6 Å². The average Bonchev–Trinajstić information content (AvgIpc) is 3.44. The van der Waals surface area contributed by atoms with Crippen molar-refractivity contribution in [3.05, 3.63) is 75.5 Å². The monoisotopic (exact) mass is 388 g/mol. The summed E-state index contributed by atoms with van der Waals surface area (Å²) in [7, 11) is 1.75. The van der Waals surface area contributed by atoms with E-state index in [9.17, 15) is 4.79 Å². The van der Waals surface area contributed by atoms with E-state index in [1.54, 1.807) is 17.8 Å². The van der Waals surface area contributed by atoms with Crippen LogP contribution >= 0.6 is 0 Å². The number of hydrogen-bond donors (Lipinski definition) is 0. The fraction of sp³-hybridized carbons (Fsp3) is 0.348. The van der Waals surface area contributed by atoms with Crippen LogP contribution in [0.2, 0.25) is 0 Å². The Morgan fingerprint density at radius 3 is 2.62 bits per heavy atom. The van der Waals surface area contributed by atoms with Gasteiger partial charge in [0.1, 0.15) is 18.1 Å². The number of nitrogens with zero attached hydrogens (tertiary/aromatic N) is 4. The molecular weight excluding hydrogens is 364 g/mol. The van der Waals surface area contributed by atoms with Gasteiger partial charge in [-0.25, -0.2) is 0 Å². The summed E-state index contributed by atoms with van der Waals surface area (Å²) >= 11 is 0. The third-order valence-electron chi connectivity index (χ3n) is 5.05. The highest BCUT2D eigenvalue weighted by atomic mass is 16.5. The second kappa shape index (κ2) is 7.96. The number of aryl methyl sites for hydroxylation is 2. The third kappa shape index (κ3) is 4.57. The SMILES string of the molecule is Cc1cc(OCc2cnn(C)n2)cc(=O)n1[C@H](C)c1ccc(C#CC2CC2)cc1. The molecule has 0 spiro atoms. The second-order valence-corrected chi connectivity index (χ2v) is 7.50. The molecule has 1 aliphatic carbocycles. The van der Waals surface area contributed by atoms with Gasteiger partial charge < -0.3 is 9.30 Å². The minimum Gasteiger partial charge on any atom is -0.487 e. The number of ether oxygens (including phenoxy) is 1. The molecule has 0 aliphatic heterocycles. The number of rotatable bonds is 5. The molecule has 1 atom stereocenters. The Bertz CT molecular complexity index is 1130. The zero-order chi connectivity index (χ0) is 20.4. The van der Waals surface area contributed by atoms with Gasteiger partial charge in [0.2, 0.25) is 0 Å². The predicted octanol–water partition coefficient (Wildman–Crippen LogP) is 3.24. The molecule has 1 aliphatic rings. The van der Waals surface area contributed by atoms with Crippen molar-refractivity contribution < 1.29 is 4.74 Å². The van der Waals surface area contributed by atoms with Crippen LogP contribution in [0.1, 0.15) is 48.3 Å². The summed E-state index contributed by atoms with van der Waals surface area (Å²) in [6, 6.07) is 11.5. The van der Waals surface area contributed by atoms with E-state index >= 15 is 0 Å². The molecule has 29 heavy (non-hydrogen) atoms. The quantitative estimate of drug-likeness (QED) is 0.630. The second-order valence-electron chi connectivity index (χ2n) is 7.50. The van der Waals surface area contributed by atoms with Crippen molar-refractivity contribution in [2.45, 2.75) is 39.3 Å². The van der Waals surface area contributed by atoms with Gasteiger partial charge in [0.15, 0.2) is 0 Å². The van der Waals surface area contributed by atoms with Crippen LogP contribution in [-0.4, -0.2) is 19.6 Å². The van der Waals surface area contributed by atoms with Gasteiger partial charge in [-0.2, -0.15) is 15.0 Å². The summed E-state index contributed by atoms with van der Waals surface area (Å²) in [5, 5.41) is 8.19. The van der Waals surface area contributed by atoms with Crippen LogP contribution in [0.4, 0.5) is 0 Å². The van der Waals surface area contributed by atoms with Gasteiger partial charge in [0.05, 0.1) is 12.2 Å². The van der Waals surface area contributed by atoms with Crippen molar-refractivity contribution in [2.24, 2.45) is 13.0 Å². The molecule has 2 heterocycles. The lowest BCUT2D eigenvalue weighted by atomic mass is 10.1. The van der Waals surface area contributed by atoms with Crippen LogP contribution in [0.3, 0.4) is 0 Å². The summed E-state index contributed by atoms with van der Waals surface area (Å²) < 4.78 is 7.51. The zero-order valence-electron chi connectivity index (χ0n) is 16.9. The van der Waals surface area contributed by atoms with E-state index in [-0.39, 0.29) is 18.2 Å². The molecule has 1 fully saturated rings. The normalized spacial score (nSPS) is 14.2. The van der Waals surface area contributed by atoms with E-state index in [1.165, 1.54) is 23.7 Å². The summed E-state index contributed by atoms with van der Waals surface area (Å²) in [6.07, 6.45) is 4.10. The van der Waals surface area contributed by atoms with Gasteiger partial charge in [-0.1, -0.05) is 24.0 Å². The largest absolute Gasteiger partial charge is 0.487 e. The molecule has 1 aromatic carbocycles. The Labute approximate surface area is 170 Å². The summed E-state index contributed by atoms with van der Waals surface area (Å²) in [6.45, 7) is 4.22. The Morgan fingerprint density at radius 2 is 2.00 bits per heavy atom. The van der Waals surface area contributed by atoms with Gasteiger partial charge in [0, 0.05) is 30.3 Å². The highest BCUT2D eigenvalue weighted by Crippen LogP contribution is 2.27. The molecular formula is C23H24N4O2. The topological polar surface area (TPSA) is 61.9 Å². The molecule has 0 radical (unpaired) electrons. The first-order valence-corrected chi connectivity index (χ1v) is 9.82. The first-order valence-electron chi connectivity index (χ1n) is 9.82. The van der Waals surface area contributed by atoms with E-state index in [4.69, 9.17) is 4.74 Å². The van der Waals surface area contributed by atoms with Gasteiger partial charge in [-0.15, -0.1) is 0 Å². The van der Waals surface area contributed by atoms with Crippen molar-refractivity contribution >= 4 is 0 Å². The molecule has 6 heteroatoms. The number of aromatic nitrogens is 4. The number of hydrogen-bond acceptors (Lipinski definition) is 4. The summed E-state index contributed by atoms with van der Waals surface area (Å²) in [4.78, 5) is 14.2. The molecule has 148 valence electrons. The molecule has 0 amide bonds. The maximum Gasteiger partial charge on any atom is 0.254 e. The van der Waals surface area contributed by atoms with E-state index in [2.05, 4.69) is 22.0 Å². The standard InChI is InChI=1S/C23H24N4O2/c1-16-12-22(29-15-21-14-24-26(3)25-21)13-23(28)27(16)17(2)20-10-8-19(9-11-20)7-6-18-4-5-18/h8-14,17-18H,4-5,15H2,1-3H3/t17-/m1/s1. The van der Waals surface area contributed by atoms with Crippen LogP contribution in [0.5, 0.6) is 5.75 Å². The minimum atomic E-state index is -0.0933. The van der Waals surface area contributed by atoms with Crippen molar-refractivity contribution in [3.63, 3.8) is 0 Å². The molecule has 0 N–H and O–H groups in total. The smallest absolute Gasteiger partial charge is 0.254 e. The third-order valence-corrected chi connectivity index (χ3v) is 5.05. The lowest BCUT2D eigenvalue weighted by Gasteiger charge is -2.19. The molecule has 3 aromatic rings. The average molecular weight is 388 g/mol. The Hall–Kier alpha value is -3.33. The van der Waals surface area contributed by atoms with Crippen LogP contribution in [0.25, 0.3) is 0 Å². The Kier molecular flexibility index (Phi) is 5.22. The summed E-state index contributed by atoms with van der Waals surface area (Å²) in [5.41, 5.74) is 3.55. The molecule has 6 nitrogen and oxygen atoms in total. The maximum absolute atomic E-state index is 12.8. The van der Waals surface area contributed by atoms with E-state index in [0.29, 0.717) is 17.4 Å². The zero-order valence-corrected chi connectivity index (χ0v) is 16.9. The molecule has 4 rings (SSSR count). The first-order chi connectivity index (χ1) is 14.0. The molecule has 0 saturated heterocycles. The van der Waals surface area contributed by atoms with Crippen LogP contribution in [0, 0.1) is 24.7 Å². The van der Waals surface area contributed by atoms with Crippen LogP contribution in [0.15, 0.2) is 47.4 Å². The lowest BCUT2D eigenvalue weighted by Crippen LogP contribution is -2.25. The van der Waals surface area contributed by atoms with E-state index < -0.39 is 0 Å². The highest BCUT2D eigenvalue weighted by molar-refractivity contribution is 5.38. The fourth-order valence-electron chi connectivity index (χ4n) is 3.28. The molecule has 1 saturated carbocycles. The number of benzene rings is 1. The molecule has 0 unspecified atom stereocenters. The highest BCUT2D eigenvalue weighted by Gasteiger charge is 2.18. The number of pyridine rings is 1. The first kappa shape index (κ1) is 19.0. The van der Waals surface area contributed by atoms with Crippen LogP contribution in [-0.2, 0) is 13.7 Å². The fourth-order valence-corrected chi connectivity index (χ4v) is 3.28. The van der Waals surface area contributed by atoms with Crippen LogP contribution < -0.4 is 10.3 Å². The van der Waals surface area contributed by atoms with Crippen molar-refractivity contribution in [1.82, 2.24) is 19.6 Å². The van der Waals surface area contributed by atoms with E-state index in [1.807, 2.05) is 44.2 Å². The lowest BCUT2D eigenvalue weighted by molar-refractivity contribution is 0.298.